The van der Waals surface area contributed by atoms with Crippen LogP contribution in [0.4, 0.5) is 5.69 Å². The molecule has 1 heterocycles. The van der Waals surface area contributed by atoms with Gasteiger partial charge in [-0.25, -0.2) is 0 Å². The third-order valence-electron chi connectivity index (χ3n) is 2.82. The van der Waals surface area contributed by atoms with E-state index in [2.05, 4.69) is 41.9 Å². The number of pyridine rings is 1. The highest BCUT2D eigenvalue weighted by Crippen LogP contribution is 2.17. The molecule has 0 fully saturated rings. The molecule has 2 N–H and O–H groups in total. The van der Waals surface area contributed by atoms with Crippen molar-refractivity contribution < 1.29 is 0 Å². The van der Waals surface area contributed by atoms with Crippen LogP contribution in [0.25, 0.3) is 0 Å². The van der Waals surface area contributed by atoms with Gasteiger partial charge < -0.3 is 15.5 Å². The van der Waals surface area contributed by atoms with E-state index in [1.807, 2.05) is 6.07 Å². The van der Waals surface area contributed by atoms with Gasteiger partial charge in [0.15, 0.2) is 0 Å². The Morgan fingerprint density at radius 2 is 2.06 bits per heavy atom. The SMILES string of the molecule is CCN(CCCN(C)C)c1cccnc1CN. The number of nitrogens with two attached hydrogens (primary N) is 1. The molecule has 0 spiro atoms. The van der Waals surface area contributed by atoms with Gasteiger partial charge in [0, 0.05) is 25.8 Å². The smallest absolute Gasteiger partial charge is 0.0772 e. The van der Waals surface area contributed by atoms with Gasteiger partial charge in [-0.05, 0) is 46.1 Å². The fraction of sp³-hybridized carbons (Fsp3) is 0.615. The molecule has 0 aliphatic heterocycles. The van der Waals surface area contributed by atoms with Crippen molar-refractivity contribution in [2.24, 2.45) is 5.73 Å². The number of nitrogens with zero attached hydrogens (tertiary/aromatic N) is 3. The molecule has 4 heteroatoms. The summed E-state index contributed by atoms with van der Waals surface area (Å²) >= 11 is 0. The third-order valence-corrected chi connectivity index (χ3v) is 2.82. The summed E-state index contributed by atoms with van der Waals surface area (Å²) in [6, 6.07) is 4.08. The molecule has 1 aromatic rings. The zero-order valence-corrected chi connectivity index (χ0v) is 11.2. The van der Waals surface area contributed by atoms with E-state index in [9.17, 15) is 0 Å². The van der Waals surface area contributed by atoms with Crippen molar-refractivity contribution in [3.63, 3.8) is 0 Å². The molecule has 0 aliphatic rings. The van der Waals surface area contributed by atoms with Crippen LogP contribution >= 0.6 is 0 Å². The van der Waals surface area contributed by atoms with Crippen molar-refractivity contribution in [3.05, 3.63) is 24.0 Å². The predicted molar refractivity (Wildman–Crippen MR) is 73.2 cm³/mol. The summed E-state index contributed by atoms with van der Waals surface area (Å²) in [4.78, 5) is 8.89. The average Bonchev–Trinajstić information content (AvgIpc) is 2.34. The van der Waals surface area contributed by atoms with Crippen molar-refractivity contribution in [1.29, 1.82) is 0 Å². The summed E-state index contributed by atoms with van der Waals surface area (Å²) in [5, 5.41) is 0. The Bertz CT molecular complexity index is 325. The van der Waals surface area contributed by atoms with Crippen molar-refractivity contribution in [3.8, 4) is 0 Å². The van der Waals surface area contributed by atoms with Gasteiger partial charge in [0.05, 0.1) is 11.4 Å². The van der Waals surface area contributed by atoms with Crippen LogP contribution in [0.1, 0.15) is 19.0 Å². The van der Waals surface area contributed by atoms with Crippen molar-refractivity contribution >= 4 is 5.69 Å². The standard InChI is InChI=1S/C13H24N4/c1-4-17(10-6-9-16(2)3)13-7-5-8-15-12(13)11-14/h5,7-8H,4,6,9-11,14H2,1-3H3. The molecule has 0 amide bonds. The lowest BCUT2D eigenvalue weighted by molar-refractivity contribution is 0.400. The van der Waals surface area contributed by atoms with E-state index in [1.54, 1.807) is 6.20 Å². The topological polar surface area (TPSA) is 45.4 Å². The molecule has 0 radical (unpaired) electrons. The molecular formula is C13H24N4. The first-order valence-corrected chi connectivity index (χ1v) is 6.22. The van der Waals surface area contributed by atoms with E-state index in [0.29, 0.717) is 6.54 Å². The summed E-state index contributed by atoms with van der Waals surface area (Å²) in [6.07, 6.45) is 2.96. The van der Waals surface area contributed by atoms with E-state index in [0.717, 1.165) is 31.7 Å². The van der Waals surface area contributed by atoms with Crippen molar-refractivity contribution in [1.82, 2.24) is 9.88 Å². The van der Waals surface area contributed by atoms with Crippen LogP contribution in [0.5, 0.6) is 0 Å². The molecule has 0 saturated heterocycles. The maximum absolute atomic E-state index is 5.72. The lowest BCUT2D eigenvalue weighted by Gasteiger charge is -2.25. The van der Waals surface area contributed by atoms with Crippen molar-refractivity contribution in [2.75, 3.05) is 38.6 Å². The quantitative estimate of drug-likeness (QED) is 0.775. The van der Waals surface area contributed by atoms with Crippen molar-refractivity contribution in [2.45, 2.75) is 19.9 Å². The molecular weight excluding hydrogens is 212 g/mol. The summed E-state index contributed by atoms with van der Waals surface area (Å²) in [6.45, 7) is 5.82. The molecule has 1 aromatic heterocycles. The highest BCUT2D eigenvalue weighted by molar-refractivity contribution is 5.50. The summed E-state index contributed by atoms with van der Waals surface area (Å²) in [7, 11) is 4.21. The van der Waals surface area contributed by atoms with Crippen LogP contribution < -0.4 is 10.6 Å². The Balaban J connectivity index is 2.65. The summed E-state index contributed by atoms with van der Waals surface area (Å²) in [5.74, 6) is 0. The summed E-state index contributed by atoms with van der Waals surface area (Å²) < 4.78 is 0. The van der Waals surface area contributed by atoms with Gasteiger partial charge in [0.1, 0.15) is 0 Å². The van der Waals surface area contributed by atoms with Gasteiger partial charge in [0.25, 0.3) is 0 Å². The zero-order valence-electron chi connectivity index (χ0n) is 11.2. The Labute approximate surface area is 104 Å². The molecule has 4 nitrogen and oxygen atoms in total. The minimum absolute atomic E-state index is 0.500. The third kappa shape index (κ3) is 4.32. The Morgan fingerprint density at radius 1 is 1.29 bits per heavy atom. The zero-order chi connectivity index (χ0) is 12.7. The average molecular weight is 236 g/mol. The molecule has 96 valence electrons. The molecule has 0 saturated carbocycles. The molecule has 0 bridgehead atoms. The maximum atomic E-state index is 5.72. The monoisotopic (exact) mass is 236 g/mol. The second-order valence-electron chi connectivity index (χ2n) is 4.41. The maximum Gasteiger partial charge on any atom is 0.0772 e. The molecule has 0 unspecified atom stereocenters. The van der Waals surface area contributed by atoms with Gasteiger partial charge in [-0.1, -0.05) is 0 Å². The first kappa shape index (κ1) is 13.9. The lowest BCUT2D eigenvalue weighted by atomic mass is 10.2. The Morgan fingerprint density at radius 3 is 2.65 bits per heavy atom. The number of anilines is 1. The molecule has 0 aliphatic carbocycles. The fourth-order valence-electron chi connectivity index (χ4n) is 1.90. The van der Waals surface area contributed by atoms with Gasteiger partial charge >= 0.3 is 0 Å². The molecule has 1 rings (SSSR count). The Hall–Kier alpha value is -1.13. The largest absolute Gasteiger partial charge is 0.370 e. The van der Waals surface area contributed by atoms with E-state index < -0.39 is 0 Å². The first-order chi connectivity index (χ1) is 8.19. The number of rotatable bonds is 7. The van der Waals surface area contributed by atoms with E-state index >= 15 is 0 Å². The fourth-order valence-corrected chi connectivity index (χ4v) is 1.90. The lowest BCUT2D eigenvalue weighted by Crippen LogP contribution is -2.28. The second-order valence-corrected chi connectivity index (χ2v) is 4.41. The predicted octanol–water partition coefficient (Wildman–Crippen LogP) is 1.32. The van der Waals surface area contributed by atoms with Crippen LogP contribution in [0.15, 0.2) is 18.3 Å². The van der Waals surface area contributed by atoms with E-state index in [-0.39, 0.29) is 0 Å². The number of hydrogen-bond donors (Lipinski definition) is 1. The highest BCUT2D eigenvalue weighted by Gasteiger charge is 2.09. The van der Waals surface area contributed by atoms with E-state index in [4.69, 9.17) is 5.73 Å². The summed E-state index contributed by atoms with van der Waals surface area (Å²) in [5.41, 5.74) is 7.89. The number of aromatic nitrogens is 1. The minimum atomic E-state index is 0.500. The van der Waals surface area contributed by atoms with E-state index in [1.165, 1.54) is 5.69 Å². The van der Waals surface area contributed by atoms with Crippen LogP contribution in [-0.2, 0) is 6.54 Å². The van der Waals surface area contributed by atoms with Gasteiger partial charge in [-0.2, -0.15) is 0 Å². The van der Waals surface area contributed by atoms with Crippen LogP contribution in [-0.4, -0.2) is 43.6 Å². The second kappa shape index (κ2) is 7.25. The first-order valence-electron chi connectivity index (χ1n) is 6.22. The van der Waals surface area contributed by atoms with Gasteiger partial charge in [-0.15, -0.1) is 0 Å². The normalized spacial score (nSPS) is 10.9. The van der Waals surface area contributed by atoms with Gasteiger partial charge in [-0.3, -0.25) is 4.98 Å². The molecule has 0 atom stereocenters. The minimum Gasteiger partial charge on any atom is -0.370 e. The van der Waals surface area contributed by atoms with Gasteiger partial charge in [0.2, 0.25) is 0 Å². The number of hydrogen-bond acceptors (Lipinski definition) is 4. The Kier molecular flexibility index (Phi) is 5.94. The van der Waals surface area contributed by atoms with Crippen LogP contribution in [0, 0.1) is 0 Å². The highest BCUT2D eigenvalue weighted by atomic mass is 15.1. The molecule has 17 heavy (non-hydrogen) atoms. The van der Waals surface area contributed by atoms with Crippen LogP contribution in [0.3, 0.4) is 0 Å². The molecule has 0 aromatic carbocycles. The van der Waals surface area contributed by atoms with Crippen LogP contribution in [0.2, 0.25) is 0 Å².